The van der Waals surface area contributed by atoms with Gasteiger partial charge in [-0.1, -0.05) is 30.3 Å². The predicted molar refractivity (Wildman–Crippen MR) is 85.3 cm³/mol. The van der Waals surface area contributed by atoms with E-state index in [4.69, 9.17) is 0 Å². The summed E-state index contributed by atoms with van der Waals surface area (Å²) in [5, 5.41) is 20.0. The van der Waals surface area contributed by atoms with Crippen molar-refractivity contribution in [3.05, 3.63) is 65.5 Å². The normalized spacial score (nSPS) is 15.9. The van der Waals surface area contributed by atoms with Gasteiger partial charge in [-0.2, -0.15) is 23.1 Å². The van der Waals surface area contributed by atoms with E-state index >= 15 is 0 Å². The molecule has 3 aromatic rings. The van der Waals surface area contributed by atoms with Crippen LogP contribution < -0.4 is 4.90 Å². The summed E-state index contributed by atoms with van der Waals surface area (Å²) in [4.78, 5) is 1.19. The van der Waals surface area contributed by atoms with E-state index in [-0.39, 0.29) is 12.4 Å². The molecule has 0 amide bonds. The molecule has 1 aliphatic rings. The van der Waals surface area contributed by atoms with Gasteiger partial charge in [0.1, 0.15) is 0 Å². The van der Waals surface area contributed by atoms with Crippen LogP contribution in [0.1, 0.15) is 23.0 Å². The van der Waals surface area contributed by atoms with Crippen LogP contribution in [0.15, 0.2) is 48.5 Å². The molecular weight excluding hydrogens is 345 g/mol. The molecule has 0 spiro atoms. The fourth-order valence-electron chi connectivity index (χ4n) is 3.15. The van der Waals surface area contributed by atoms with E-state index in [9.17, 15) is 18.4 Å². The van der Waals surface area contributed by atoms with E-state index < -0.39 is 12.2 Å². The van der Waals surface area contributed by atoms with Gasteiger partial charge in [-0.15, -0.1) is 5.10 Å². The first-order chi connectivity index (χ1) is 12.5. The number of benzene rings is 2. The van der Waals surface area contributed by atoms with Crippen molar-refractivity contribution in [3.63, 3.8) is 0 Å². The van der Waals surface area contributed by atoms with Gasteiger partial charge in [0.05, 0.1) is 23.0 Å². The fraction of sp³-hybridized carbons (Fsp3) is 0.176. The Hall–Kier alpha value is -3.41. The number of anilines is 1. The van der Waals surface area contributed by atoms with Gasteiger partial charge in [-0.25, -0.2) is 0 Å². The summed E-state index contributed by atoms with van der Waals surface area (Å²) >= 11 is 0. The van der Waals surface area contributed by atoms with Crippen molar-refractivity contribution in [2.75, 3.05) is 4.90 Å². The van der Waals surface area contributed by atoms with Crippen LogP contribution in [0.4, 0.5) is 18.9 Å². The van der Waals surface area contributed by atoms with Crippen molar-refractivity contribution in [1.29, 1.82) is 5.26 Å². The predicted octanol–water partition coefficient (Wildman–Crippen LogP) is 3.16. The molecule has 2 heterocycles. The van der Waals surface area contributed by atoms with E-state index in [1.807, 2.05) is 6.07 Å². The fourth-order valence-corrected chi connectivity index (χ4v) is 3.15. The molecule has 0 fully saturated rings. The maximum absolute atomic E-state index is 13.9. The van der Waals surface area contributed by atoms with Crippen molar-refractivity contribution in [2.45, 2.75) is 18.8 Å². The third-order valence-electron chi connectivity index (χ3n) is 4.26. The largest absolute Gasteiger partial charge is 0.416 e. The number of fused-ring (bicyclic) bond motifs is 3. The average Bonchev–Trinajstić information content (AvgIpc) is 3.10. The highest BCUT2D eigenvalue weighted by atomic mass is 19.4. The molecule has 0 saturated heterocycles. The Morgan fingerprint density at radius 2 is 1.73 bits per heavy atom. The second-order valence-electron chi connectivity index (χ2n) is 5.78. The molecule has 0 N–H and O–H groups in total. The van der Waals surface area contributed by atoms with Crippen LogP contribution in [0.25, 0.3) is 5.69 Å². The Kier molecular flexibility index (Phi) is 3.61. The minimum absolute atomic E-state index is 0.0994. The van der Waals surface area contributed by atoms with Gasteiger partial charge in [0.2, 0.25) is 0 Å². The first-order valence-corrected chi connectivity index (χ1v) is 7.70. The van der Waals surface area contributed by atoms with Crippen LogP contribution in [0.3, 0.4) is 0 Å². The Morgan fingerprint density at radius 1 is 1.04 bits per heavy atom. The van der Waals surface area contributed by atoms with Gasteiger partial charge in [0.25, 0.3) is 0 Å². The molecule has 2 aromatic carbocycles. The number of halogens is 3. The summed E-state index contributed by atoms with van der Waals surface area (Å²) in [6.45, 7) is -0.0994. The Morgan fingerprint density at radius 3 is 2.46 bits per heavy atom. The molecule has 130 valence electrons. The van der Waals surface area contributed by atoms with Crippen molar-refractivity contribution >= 4 is 5.69 Å². The molecule has 4 rings (SSSR count). The number of nitrogens with zero attached hydrogens (tertiary/aromatic N) is 6. The van der Waals surface area contributed by atoms with Gasteiger partial charge in [0.15, 0.2) is 11.9 Å². The number of para-hydroxylation sites is 2. The van der Waals surface area contributed by atoms with Crippen molar-refractivity contribution < 1.29 is 13.2 Å². The third kappa shape index (κ3) is 2.47. The molecule has 9 heteroatoms. The number of hydrogen-bond donors (Lipinski definition) is 0. The minimum atomic E-state index is -4.60. The zero-order valence-corrected chi connectivity index (χ0v) is 13.2. The third-order valence-corrected chi connectivity index (χ3v) is 4.26. The summed E-state index contributed by atoms with van der Waals surface area (Å²) in [6, 6.07) is 13.2. The number of tetrazole rings is 1. The van der Waals surface area contributed by atoms with Crippen molar-refractivity contribution in [3.8, 4) is 11.8 Å². The second-order valence-corrected chi connectivity index (χ2v) is 5.78. The molecular formula is C17H11F3N6. The molecule has 0 bridgehead atoms. The molecule has 0 radical (unpaired) electrons. The topological polar surface area (TPSA) is 70.6 Å². The van der Waals surface area contributed by atoms with Crippen molar-refractivity contribution in [2.24, 2.45) is 0 Å². The Labute approximate surface area is 146 Å². The van der Waals surface area contributed by atoms with E-state index in [0.717, 1.165) is 4.68 Å². The quantitative estimate of drug-likeness (QED) is 0.705. The van der Waals surface area contributed by atoms with Crippen LogP contribution >= 0.6 is 0 Å². The zero-order chi connectivity index (χ0) is 18.3. The Bertz CT molecular complexity index is 1000. The number of hydrogen-bond acceptors (Lipinski definition) is 5. The van der Waals surface area contributed by atoms with Gasteiger partial charge in [0, 0.05) is 6.54 Å². The maximum Gasteiger partial charge on any atom is 0.416 e. The average molecular weight is 356 g/mol. The van der Waals surface area contributed by atoms with Gasteiger partial charge < -0.3 is 4.90 Å². The number of alkyl halides is 3. The highest BCUT2D eigenvalue weighted by molar-refractivity contribution is 5.66. The SMILES string of the molecule is N#Cc1ccccc1CN1c2ccccc2-n2nnnc2C1C(F)(F)F. The monoisotopic (exact) mass is 356 g/mol. The first kappa shape index (κ1) is 16.1. The molecule has 26 heavy (non-hydrogen) atoms. The molecule has 0 aliphatic carbocycles. The maximum atomic E-state index is 13.9. The minimum Gasteiger partial charge on any atom is -0.347 e. The molecule has 6 nitrogen and oxygen atoms in total. The first-order valence-electron chi connectivity index (χ1n) is 7.70. The zero-order valence-electron chi connectivity index (χ0n) is 13.2. The van der Waals surface area contributed by atoms with E-state index in [0.29, 0.717) is 22.5 Å². The van der Waals surface area contributed by atoms with Gasteiger partial charge >= 0.3 is 6.18 Å². The van der Waals surface area contributed by atoms with E-state index in [2.05, 4.69) is 15.5 Å². The van der Waals surface area contributed by atoms with Crippen LogP contribution in [-0.2, 0) is 6.54 Å². The molecule has 1 unspecified atom stereocenters. The lowest BCUT2D eigenvalue weighted by Crippen LogP contribution is -2.43. The lowest BCUT2D eigenvalue weighted by atomic mass is 10.0. The summed E-state index contributed by atoms with van der Waals surface area (Å²) in [5.74, 6) is -0.300. The summed E-state index contributed by atoms with van der Waals surface area (Å²) < 4.78 is 42.8. The van der Waals surface area contributed by atoms with E-state index in [1.165, 1.54) is 4.90 Å². The van der Waals surface area contributed by atoms with E-state index in [1.54, 1.807) is 48.5 Å². The summed E-state index contributed by atoms with van der Waals surface area (Å²) in [5.41, 5.74) is 1.64. The molecule has 1 atom stereocenters. The lowest BCUT2D eigenvalue weighted by molar-refractivity contribution is -0.153. The van der Waals surface area contributed by atoms with Gasteiger partial charge in [-0.3, -0.25) is 0 Å². The highest BCUT2D eigenvalue weighted by Gasteiger charge is 2.51. The highest BCUT2D eigenvalue weighted by Crippen LogP contribution is 2.45. The van der Waals surface area contributed by atoms with Crippen LogP contribution in [0.2, 0.25) is 0 Å². The van der Waals surface area contributed by atoms with Gasteiger partial charge in [-0.05, 0) is 34.2 Å². The standard InChI is InChI=1S/C17H11F3N6/c18-17(19,20)15-16-22-23-24-26(16)14-8-4-3-7-13(14)25(15)10-12-6-2-1-5-11(12)9-21/h1-8,15H,10H2. The Balaban J connectivity index is 1.90. The molecule has 1 aromatic heterocycles. The van der Waals surface area contributed by atoms with Crippen LogP contribution in [-0.4, -0.2) is 26.4 Å². The molecule has 1 aliphatic heterocycles. The number of aromatic nitrogens is 4. The number of nitriles is 1. The summed E-state index contributed by atoms with van der Waals surface area (Å²) in [6.07, 6.45) is -4.60. The van der Waals surface area contributed by atoms with Crippen LogP contribution in [0, 0.1) is 11.3 Å². The second kappa shape index (κ2) is 5.84. The summed E-state index contributed by atoms with van der Waals surface area (Å²) in [7, 11) is 0. The molecule has 0 saturated carbocycles. The lowest BCUT2D eigenvalue weighted by Gasteiger charge is -2.38. The van der Waals surface area contributed by atoms with Crippen LogP contribution in [0.5, 0.6) is 0 Å². The van der Waals surface area contributed by atoms with Crippen molar-refractivity contribution in [1.82, 2.24) is 20.2 Å². The smallest absolute Gasteiger partial charge is 0.347 e. The number of rotatable bonds is 2.